The third kappa shape index (κ3) is 7.69. The van der Waals surface area contributed by atoms with Crippen molar-refractivity contribution in [1.82, 2.24) is 19.3 Å². The van der Waals surface area contributed by atoms with Crippen molar-refractivity contribution >= 4 is 21.8 Å². The molecule has 52 heavy (non-hydrogen) atoms. The molecule has 5 heteroatoms. The Bertz CT molecular complexity index is 2310. The molecule has 0 amide bonds. The summed E-state index contributed by atoms with van der Waals surface area (Å²) in [6.07, 6.45) is 10.5. The number of pyridine rings is 1. The molecule has 0 radical (unpaired) electrons. The maximum absolute atomic E-state index is 6.58. The highest BCUT2D eigenvalue weighted by atomic mass is 16.5. The number of rotatable bonds is 10. The molecule has 0 spiro atoms. The lowest BCUT2D eigenvalue weighted by Gasteiger charge is -2.22. The number of para-hydroxylation sites is 1. The number of fused-ring (bicyclic) bond motifs is 3. The fraction of sp³-hybridized carbons (Fsp3) is 0.319. The van der Waals surface area contributed by atoms with Gasteiger partial charge in [0.2, 0.25) is 0 Å². The van der Waals surface area contributed by atoms with E-state index in [1.54, 1.807) is 0 Å². The van der Waals surface area contributed by atoms with Crippen LogP contribution in [0.3, 0.4) is 0 Å². The first kappa shape index (κ1) is 35.3. The van der Waals surface area contributed by atoms with Crippen molar-refractivity contribution in [3.8, 4) is 34.1 Å². The lowest BCUT2D eigenvalue weighted by Crippen LogP contribution is -2.09. The zero-order valence-corrected chi connectivity index (χ0v) is 32.1. The fourth-order valence-corrected chi connectivity index (χ4v) is 7.06. The van der Waals surface area contributed by atoms with E-state index in [-0.39, 0.29) is 10.8 Å². The minimum absolute atomic E-state index is 0.264. The van der Waals surface area contributed by atoms with Crippen LogP contribution in [0.2, 0.25) is 0 Å². The molecule has 3 heterocycles. The van der Waals surface area contributed by atoms with Crippen molar-refractivity contribution < 1.29 is 4.74 Å². The van der Waals surface area contributed by atoms with Crippen LogP contribution in [0.1, 0.15) is 90.8 Å². The molecule has 5 nitrogen and oxygen atoms in total. The standard InChI is InChI=1S/C47H52N4O/c1-32(2)35-23-26-48-44(27-35)51-42-18-10-9-17-40(42)41-20-19-39(29-43(41)51)52-38-16-12-15-37(28-38)50-31-36(30-49-50)45-33(21-24-46(3,4)5)13-11-14-34(45)22-25-47(6,7)8/h9-20,23,26-32H,21-22,24-25H2,1-8H3. The largest absolute Gasteiger partial charge is 0.457 e. The van der Waals surface area contributed by atoms with Crippen LogP contribution in [0.15, 0.2) is 116 Å². The van der Waals surface area contributed by atoms with Crippen molar-refractivity contribution in [3.63, 3.8) is 0 Å². The molecule has 3 aromatic heterocycles. The Labute approximate surface area is 309 Å². The van der Waals surface area contributed by atoms with Crippen LogP contribution >= 0.6 is 0 Å². The van der Waals surface area contributed by atoms with E-state index in [1.165, 1.54) is 33.0 Å². The van der Waals surface area contributed by atoms with E-state index >= 15 is 0 Å². The second-order valence-electron chi connectivity index (χ2n) is 17.0. The van der Waals surface area contributed by atoms with Crippen molar-refractivity contribution in [2.75, 3.05) is 0 Å². The monoisotopic (exact) mass is 688 g/mol. The Hall–Kier alpha value is -5.16. The van der Waals surface area contributed by atoms with Gasteiger partial charge < -0.3 is 4.74 Å². The summed E-state index contributed by atoms with van der Waals surface area (Å²) in [4.78, 5) is 4.81. The Kier molecular flexibility index (Phi) is 9.56. The van der Waals surface area contributed by atoms with Gasteiger partial charge in [0.1, 0.15) is 17.3 Å². The molecule has 0 aliphatic heterocycles. The average Bonchev–Trinajstić information content (AvgIpc) is 3.72. The molecule has 0 saturated heterocycles. The maximum Gasteiger partial charge on any atom is 0.137 e. The number of ether oxygens (including phenoxy) is 1. The van der Waals surface area contributed by atoms with Crippen molar-refractivity contribution in [2.45, 2.75) is 87.0 Å². The second-order valence-corrected chi connectivity index (χ2v) is 17.0. The maximum atomic E-state index is 6.58. The van der Waals surface area contributed by atoms with E-state index in [9.17, 15) is 0 Å². The van der Waals surface area contributed by atoms with Gasteiger partial charge in [0.25, 0.3) is 0 Å². The Morgan fingerprint density at radius 2 is 1.35 bits per heavy atom. The Morgan fingerprint density at radius 3 is 2.06 bits per heavy atom. The highest BCUT2D eigenvalue weighted by Gasteiger charge is 2.19. The van der Waals surface area contributed by atoms with Crippen molar-refractivity contribution in [1.29, 1.82) is 0 Å². The molecule has 4 aromatic carbocycles. The highest BCUT2D eigenvalue weighted by Crippen LogP contribution is 2.37. The summed E-state index contributed by atoms with van der Waals surface area (Å²) in [6, 6.07) is 34.2. The minimum Gasteiger partial charge on any atom is -0.457 e. The topological polar surface area (TPSA) is 44.9 Å². The molecule has 7 aromatic rings. The molecule has 266 valence electrons. The van der Waals surface area contributed by atoms with E-state index in [4.69, 9.17) is 14.8 Å². The number of nitrogens with zero attached hydrogens (tertiary/aromatic N) is 4. The zero-order valence-electron chi connectivity index (χ0n) is 32.1. The quantitative estimate of drug-likeness (QED) is 0.144. The summed E-state index contributed by atoms with van der Waals surface area (Å²) in [7, 11) is 0. The molecule has 0 atom stereocenters. The van der Waals surface area contributed by atoms with Gasteiger partial charge in [-0.15, -0.1) is 0 Å². The summed E-state index contributed by atoms with van der Waals surface area (Å²) in [5.74, 6) is 2.84. The number of benzene rings is 4. The van der Waals surface area contributed by atoms with Crippen molar-refractivity contribution in [2.24, 2.45) is 10.8 Å². The van der Waals surface area contributed by atoms with Crippen LogP contribution in [0, 0.1) is 10.8 Å². The molecule has 0 N–H and O–H groups in total. The Balaban J connectivity index is 1.21. The number of aromatic nitrogens is 4. The second kappa shape index (κ2) is 14.1. The van der Waals surface area contributed by atoms with Crippen LogP contribution in [0.25, 0.3) is 44.4 Å². The van der Waals surface area contributed by atoms with E-state index in [2.05, 4.69) is 151 Å². The van der Waals surface area contributed by atoms with E-state index < -0.39 is 0 Å². The smallest absolute Gasteiger partial charge is 0.137 e. The first-order valence-corrected chi connectivity index (χ1v) is 18.8. The molecular formula is C47H52N4O. The van der Waals surface area contributed by atoms with Crippen LogP contribution in [0.4, 0.5) is 0 Å². The lowest BCUT2D eigenvalue weighted by molar-refractivity contribution is 0.376. The number of aryl methyl sites for hydroxylation is 2. The summed E-state index contributed by atoms with van der Waals surface area (Å²) in [5.41, 5.74) is 10.2. The molecule has 0 saturated carbocycles. The van der Waals surface area contributed by atoms with Gasteiger partial charge in [-0.1, -0.05) is 97.9 Å². The molecular weight excluding hydrogens is 637 g/mol. The van der Waals surface area contributed by atoms with Crippen LogP contribution in [-0.4, -0.2) is 19.3 Å². The summed E-state index contributed by atoms with van der Waals surface area (Å²) >= 11 is 0. The van der Waals surface area contributed by atoms with Crippen LogP contribution < -0.4 is 4.74 Å². The lowest BCUT2D eigenvalue weighted by atomic mass is 9.83. The first-order chi connectivity index (χ1) is 24.8. The minimum atomic E-state index is 0.264. The molecule has 0 bridgehead atoms. The highest BCUT2D eigenvalue weighted by molar-refractivity contribution is 6.09. The van der Waals surface area contributed by atoms with Gasteiger partial charge in [-0.3, -0.25) is 4.57 Å². The van der Waals surface area contributed by atoms with Gasteiger partial charge >= 0.3 is 0 Å². The third-order valence-electron chi connectivity index (χ3n) is 10.0. The van der Waals surface area contributed by atoms with Gasteiger partial charge in [0.05, 0.1) is 22.9 Å². The Morgan fingerprint density at radius 1 is 0.673 bits per heavy atom. The number of hydrogen-bond acceptors (Lipinski definition) is 3. The number of hydrogen-bond donors (Lipinski definition) is 0. The van der Waals surface area contributed by atoms with E-state index in [1.807, 2.05) is 29.2 Å². The zero-order chi connectivity index (χ0) is 36.6. The van der Waals surface area contributed by atoms with Crippen LogP contribution in [-0.2, 0) is 12.8 Å². The predicted octanol–water partition coefficient (Wildman–Crippen LogP) is 12.9. The molecule has 0 unspecified atom stereocenters. The van der Waals surface area contributed by atoms with Gasteiger partial charge in [-0.05, 0) is 107 Å². The molecule has 0 aliphatic rings. The van der Waals surface area contributed by atoms with Gasteiger partial charge in [-0.25, -0.2) is 9.67 Å². The molecule has 0 aliphatic carbocycles. The molecule has 0 fully saturated rings. The van der Waals surface area contributed by atoms with Crippen LogP contribution in [0.5, 0.6) is 11.5 Å². The van der Waals surface area contributed by atoms with Gasteiger partial charge in [-0.2, -0.15) is 5.10 Å². The first-order valence-electron chi connectivity index (χ1n) is 18.8. The predicted molar refractivity (Wildman–Crippen MR) is 217 cm³/mol. The SMILES string of the molecule is CC(C)c1ccnc(-n2c3ccccc3c3ccc(Oc4cccc(-n5cc(-c6c(CCC(C)(C)C)cccc6CCC(C)(C)C)cn5)c4)cc32)c1. The van der Waals surface area contributed by atoms with Gasteiger partial charge in [0.15, 0.2) is 0 Å². The summed E-state index contributed by atoms with van der Waals surface area (Å²) < 4.78 is 10.8. The van der Waals surface area contributed by atoms with E-state index in [0.717, 1.165) is 65.3 Å². The van der Waals surface area contributed by atoms with Crippen molar-refractivity contribution in [3.05, 3.63) is 132 Å². The van der Waals surface area contributed by atoms with E-state index in [0.29, 0.717) is 5.92 Å². The van der Waals surface area contributed by atoms with Gasteiger partial charge in [0, 0.05) is 40.9 Å². The fourth-order valence-electron chi connectivity index (χ4n) is 7.06. The summed E-state index contributed by atoms with van der Waals surface area (Å²) in [5, 5.41) is 7.25. The molecule has 7 rings (SSSR count). The average molecular weight is 689 g/mol. The summed E-state index contributed by atoms with van der Waals surface area (Å²) in [6.45, 7) is 18.4. The normalized spacial score (nSPS) is 12.3. The third-order valence-corrected chi connectivity index (χ3v) is 10.0.